The Morgan fingerprint density at radius 1 is 1.42 bits per heavy atom. The molecule has 0 aliphatic carbocycles. The lowest BCUT2D eigenvalue weighted by molar-refractivity contribution is 0.479. The molecule has 0 aliphatic heterocycles. The van der Waals surface area contributed by atoms with Crippen LogP contribution in [0.4, 0.5) is 0 Å². The van der Waals surface area contributed by atoms with Crippen molar-refractivity contribution >= 4 is 0 Å². The van der Waals surface area contributed by atoms with Crippen LogP contribution in [0.5, 0.6) is 0 Å². The number of rotatable bonds is 5. The molecule has 0 spiro atoms. The first-order valence-corrected chi connectivity index (χ1v) is 4.22. The smallest absolute Gasteiger partial charge is 0.0741 e. The normalized spacial score (nSPS) is 10.3. The first kappa shape index (κ1) is 11.0. The Labute approximate surface area is 75.0 Å². The molecule has 0 rings (SSSR count). The van der Waals surface area contributed by atoms with Crippen molar-refractivity contribution in [1.29, 1.82) is 5.26 Å². The standard InChI is InChI=1S/C10H16N2/c1-4-10(2,3)12-9-7-5-6-8-11/h1,12H,5-7,9H2,2-3H3. The van der Waals surface area contributed by atoms with E-state index in [0.717, 1.165) is 19.4 Å². The summed E-state index contributed by atoms with van der Waals surface area (Å²) in [7, 11) is 0. The third-order valence-corrected chi connectivity index (χ3v) is 1.64. The largest absolute Gasteiger partial charge is 0.302 e. The van der Waals surface area contributed by atoms with E-state index in [1.54, 1.807) is 0 Å². The van der Waals surface area contributed by atoms with E-state index in [-0.39, 0.29) is 5.54 Å². The third-order valence-electron chi connectivity index (χ3n) is 1.64. The Hall–Kier alpha value is -0.990. The molecule has 66 valence electrons. The van der Waals surface area contributed by atoms with Crippen molar-refractivity contribution in [3.05, 3.63) is 0 Å². The van der Waals surface area contributed by atoms with E-state index < -0.39 is 0 Å². The summed E-state index contributed by atoms with van der Waals surface area (Å²) in [5.74, 6) is 2.66. The SMILES string of the molecule is C#CC(C)(C)NCCCCC#N. The lowest BCUT2D eigenvalue weighted by Crippen LogP contribution is -2.38. The van der Waals surface area contributed by atoms with Gasteiger partial charge in [-0.05, 0) is 33.2 Å². The average Bonchev–Trinajstić information content (AvgIpc) is 2.04. The quantitative estimate of drug-likeness (QED) is 0.495. The first-order valence-electron chi connectivity index (χ1n) is 4.22. The van der Waals surface area contributed by atoms with E-state index in [1.807, 2.05) is 13.8 Å². The summed E-state index contributed by atoms with van der Waals surface area (Å²) in [6.07, 6.45) is 7.88. The number of hydrogen-bond acceptors (Lipinski definition) is 2. The van der Waals surface area contributed by atoms with Crippen LogP contribution in [0.1, 0.15) is 33.1 Å². The van der Waals surface area contributed by atoms with Crippen LogP contribution in [-0.2, 0) is 0 Å². The van der Waals surface area contributed by atoms with Crippen molar-refractivity contribution in [2.24, 2.45) is 0 Å². The molecule has 0 heterocycles. The number of nitriles is 1. The Kier molecular flexibility index (Phi) is 5.17. The molecule has 0 fully saturated rings. The minimum Gasteiger partial charge on any atom is -0.302 e. The summed E-state index contributed by atoms with van der Waals surface area (Å²) in [6.45, 7) is 4.83. The molecule has 0 saturated heterocycles. The number of terminal acetylenes is 1. The molecule has 0 aliphatic rings. The Morgan fingerprint density at radius 3 is 2.58 bits per heavy atom. The van der Waals surface area contributed by atoms with Crippen LogP contribution < -0.4 is 5.32 Å². The maximum absolute atomic E-state index is 8.27. The van der Waals surface area contributed by atoms with E-state index in [9.17, 15) is 0 Å². The molecule has 0 saturated carbocycles. The highest BCUT2D eigenvalue weighted by Gasteiger charge is 2.10. The molecule has 0 atom stereocenters. The van der Waals surface area contributed by atoms with Crippen LogP contribution in [-0.4, -0.2) is 12.1 Å². The van der Waals surface area contributed by atoms with Gasteiger partial charge >= 0.3 is 0 Å². The van der Waals surface area contributed by atoms with E-state index in [4.69, 9.17) is 11.7 Å². The lowest BCUT2D eigenvalue weighted by atomic mass is 10.1. The van der Waals surface area contributed by atoms with Gasteiger partial charge in [-0.2, -0.15) is 5.26 Å². The van der Waals surface area contributed by atoms with Crippen LogP contribution >= 0.6 is 0 Å². The molecule has 0 aromatic rings. The average molecular weight is 164 g/mol. The van der Waals surface area contributed by atoms with Crippen LogP contribution in [0, 0.1) is 23.7 Å². The fraction of sp³-hybridized carbons (Fsp3) is 0.700. The second-order valence-electron chi connectivity index (χ2n) is 3.31. The monoisotopic (exact) mass is 164 g/mol. The van der Waals surface area contributed by atoms with E-state index in [0.29, 0.717) is 6.42 Å². The molecule has 0 bridgehead atoms. The molecule has 12 heavy (non-hydrogen) atoms. The second-order valence-corrected chi connectivity index (χ2v) is 3.31. The maximum atomic E-state index is 8.27. The minimum atomic E-state index is -0.216. The van der Waals surface area contributed by atoms with Gasteiger partial charge in [0, 0.05) is 6.42 Å². The summed E-state index contributed by atoms with van der Waals surface area (Å²) in [4.78, 5) is 0. The summed E-state index contributed by atoms with van der Waals surface area (Å²) in [5, 5.41) is 11.5. The van der Waals surface area contributed by atoms with Crippen molar-refractivity contribution in [3.63, 3.8) is 0 Å². The third kappa shape index (κ3) is 5.77. The Balaban J connectivity index is 3.34. The van der Waals surface area contributed by atoms with Gasteiger partial charge < -0.3 is 5.32 Å². The van der Waals surface area contributed by atoms with Crippen molar-refractivity contribution in [2.75, 3.05) is 6.54 Å². The molecule has 1 N–H and O–H groups in total. The van der Waals surface area contributed by atoms with Crippen molar-refractivity contribution < 1.29 is 0 Å². The van der Waals surface area contributed by atoms with Gasteiger partial charge in [-0.3, -0.25) is 0 Å². The zero-order valence-corrected chi connectivity index (χ0v) is 7.85. The Bertz CT molecular complexity index is 193. The lowest BCUT2D eigenvalue weighted by Gasteiger charge is -2.18. The topological polar surface area (TPSA) is 35.8 Å². The molecular weight excluding hydrogens is 148 g/mol. The van der Waals surface area contributed by atoms with E-state index in [2.05, 4.69) is 17.3 Å². The van der Waals surface area contributed by atoms with Gasteiger partial charge in [0.2, 0.25) is 0 Å². The van der Waals surface area contributed by atoms with Gasteiger partial charge in [-0.25, -0.2) is 0 Å². The number of nitrogens with one attached hydrogen (secondary N) is 1. The summed E-state index contributed by atoms with van der Waals surface area (Å²) in [6, 6.07) is 2.11. The van der Waals surface area contributed by atoms with Gasteiger partial charge in [0.15, 0.2) is 0 Å². The number of hydrogen-bond donors (Lipinski definition) is 1. The summed E-state index contributed by atoms with van der Waals surface area (Å²) >= 11 is 0. The summed E-state index contributed by atoms with van der Waals surface area (Å²) in [5.41, 5.74) is -0.216. The first-order chi connectivity index (χ1) is 5.62. The van der Waals surface area contributed by atoms with E-state index >= 15 is 0 Å². The molecule has 0 aromatic carbocycles. The molecule has 0 aromatic heterocycles. The zero-order chi connectivity index (χ0) is 9.45. The summed E-state index contributed by atoms with van der Waals surface area (Å²) < 4.78 is 0. The van der Waals surface area contributed by atoms with Crippen molar-refractivity contribution in [2.45, 2.75) is 38.6 Å². The van der Waals surface area contributed by atoms with Crippen LogP contribution in [0.25, 0.3) is 0 Å². The van der Waals surface area contributed by atoms with E-state index in [1.165, 1.54) is 0 Å². The van der Waals surface area contributed by atoms with Crippen LogP contribution in [0.15, 0.2) is 0 Å². The highest BCUT2D eigenvalue weighted by atomic mass is 14.9. The Morgan fingerprint density at radius 2 is 2.08 bits per heavy atom. The van der Waals surface area contributed by atoms with Gasteiger partial charge in [-0.1, -0.05) is 5.92 Å². The second kappa shape index (κ2) is 5.63. The predicted molar refractivity (Wildman–Crippen MR) is 50.4 cm³/mol. The molecule has 2 heteroatoms. The van der Waals surface area contributed by atoms with Crippen molar-refractivity contribution in [3.8, 4) is 18.4 Å². The van der Waals surface area contributed by atoms with Crippen LogP contribution in [0.3, 0.4) is 0 Å². The number of nitrogens with zero attached hydrogens (tertiary/aromatic N) is 1. The van der Waals surface area contributed by atoms with Gasteiger partial charge in [0.05, 0.1) is 11.6 Å². The fourth-order valence-electron chi connectivity index (χ4n) is 0.781. The predicted octanol–water partition coefficient (Wildman–Crippen LogP) is 1.68. The van der Waals surface area contributed by atoms with Gasteiger partial charge in [0.25, 0.3) is 0 Å². The fourth-order valence-corrected chi connectivity index (χ4v) is 0.781. The molecule has 0 radical (unpaired) electrons. The van der Waals surface area contributed by atoms with Crippen LogP contribution in [0.2, 0.25) is 0 Å². The minimum absolute atomic E-state index is 0.216. The number of unbranched alkanes of at least 4 members (excludes halogenated alkanes) is 2. The van der Waals surface area contributed by atoms with Gasteiger partial charge in [-0.15, -0.1) is 6.42 Å². The molecule has 0 unspecified atom stereocenters. The highest BCUT2D eigenvalue weighted by molar-refractivity contribution is 5.07. The molecular formula is C10H16N2. The van der Waals surface area contributed by atoms with Crippen molar-refractivity contribution in [1.82, 2.24) is 5.32 Å². The molecule has 0 amide bonds. The highest BCUT2D eigenvalue weighted by Crippen LogP contribution is 2.00. The zero-order valence-electron chi connectivity index (χ0n) is 7.85. The molecule has 2 nitrogen and oxygen atoms in total. The van der Waals surface area contributed by atoms with Gasteiger partial charge in [0.1, 0.15) is 0 Å². The maximum Gasteiger partial charge on any atom is 0.0741 e.